The van der Waals surface area contributed by atoms with Crippen LogP contribution in [-0.4, -0.2) is 23.3 Å². The molecule has 3 unspecified atom stereocenters. The molecule has 0 bridgehead atoms. The third kappa shape index (κ3) is 1.59. The van der Waals surface area contributed by atoms with Gasteiger partial charge in [-0.15, -0.1) is 0 Å². The Balaban J connectivity index is 1.80. The maximum atomic E-state index is 11.4. The van der Waals surface area contributed by atoms with E-state index in [1.54, 1.807) is 17.7 Å². The lowest BCUT2D eigenvalue weighted by Crippen LogP contribution is -2.63. The number of rotatable bonds is 2. The summed E-state index contributed by atoms with van der Waals surface area (Å²) in [4.78, 5) is 11.4. The molecule has 0 spiro atoms. The van der Waals surface area contributed by atoms with E-state index in [4.69, 9.17) is 4.74 Å². The van der Waals surface area contributed by atoms with Gasteiger partial charge in [0, 0.05) is 43.3 Å². The third-order valence-corrected chi connectivity index (χ3v) is 4.51. The second kappa shape index (κ2) is 3.85. The van der Waals surface area contributed by atoms with Crippen LogP contribution in [0.25, 0.3) is 0 Å². The summed E-state index contributed by atoms with van der Waals surface area (Å²) in [6.07, 6.45) is 3.39. The molecule has 0 radical (unpaired) electrons. The van der Waals surface area contributed by atoms with E-state index in [1.165, 1.54) is 0 Å². The highest BCUT2D eigenvalue weighted by Crippen LogP contribution is 2.53. The quantitative estimate of drug-likeness (QED) is 0.864. The fraction of sp³-hybridized carbons (Fsp3) is 0.643. The average Bonchev–Trinajstić information content (AvgIpc) is 2.77. The summed E-state index contributed by atoms with van der Waals surface area (Å²) in [5.74, 6) is 0.609. The molecule has 0 aromatic carbocycles. The zero-order valence-electron chi connectivity index (χ0n) is 11.1. The first kappa shape index (κ1) is 11.8. The molecule has 2 heterocycles. The van der Waals surface area contributed by atoms with Crippen LogP contribution >= 0.6 is 0 Å². The van der Waals surface area contributed by atoms with Gasteiger partial charge in [0.1, 0.15) is 0 Å². The molecule has 4 heteroatoms. The van der Waals surface area contributed by atoms with Crippen LogP contribution in [0, 0.1) is 11.3 Å². The summed E-state index contributed by atoms with van der Waals surface area (Å²) in [6, 6.07) is 3.90. The minimum atomic E-state index is 0.0236. The van der Waals surface area contributed by atoms with Crippen molar-refractivity contribution in [2.24, 2.45) is 18.4 Å². The summed E-state index contributed by atoms with van der Waals surface area (Å²) < 4.78 is 7.39. The van der Waals surface area contributed by atoms with E-state index in [-0.39, 0.29) is 11.0 Å². The van der Waals surface area contributed by atoms with Gasteiger partial charge in [-0.1, -0.05) is 13.8 Å². The third-order valence-electron chi connectivity index (χ3n) is 4.51. The van der Waals surface area contributed by atoms with E-state index >= 15 is 0 Å². The van der Waals surface area contributed by atoms with Gasteiger partial charge in [0.2, 0.25) is 5.56 Å². The van der Waals surface area contributed by atoms with Gasteiger partial charge in [-0.2, -0.15) is 0 Å². The van der Waals surface area contributed by atoms with E-state index in [0.29, 0.717) is 18.1 Å². The van der Waals surface area contributed by atoms with Gasteiger partial charge < -0.3 is 14.6 Å². The first-order valence-electron chi connectivity index (χ1n) is 6.55. The number of hydrogen-bond donors (Lipinski definition) is 1. The van der Waals surface area contributed by atoms with Crippen LogP contribution in [0.4, 0.5) is 5.69 Å². The Labute approximate surface area is 107 Å². The SMILES string of the molecule is Cn1cc(NC2C3CCOC3C2(C)C)ccc1=O. The molecule has 2 fully saturated rings. The van der Waals surface area contributed by atoms with Gasteiger partial charge >= 0.3 is 0 Å². The van der Waals surface area contributed by atoms with Gasteiger partial charge in [0.05, 0.1) is 11.8 Å². The first-order valence-corrected chi connectivity index (χ1v) is 6.55. The van der Waals surface area contributed by atoms with Crippen LogP contribution < -0.4 is 10.9 Å². The number of aryl methyl sites for hydroxylation is 1. The number of nitrogens with zero attached hydrogens (tertiary/aromatic N) is 1. The summed E-state index contributed by atoms with van der Waals surface area (Å²) in [5, 5.41) is 3.57. The number of aromatic nitrogens is 1. The number of nitrogens with one attached hydrogen (secondary N) is 1. The van der Waals surface area contributed by atoms with Crippen molar-refractivity contribution in [1.82, 2.24) is 4.57 Å². The van der Waals surface area contributed by atoms with Crippen molar-refractivity contribution in [2.45, 2.75) is 32.4 Å². The second-order valence-electron chi connectivity index (χ2n) is 6.05. The summed E-state index contributed by atoms with van der Waals surface area (Å²) >= 11 is 0. The number of anilines is 1. The fourth-order valence-corrected chi connectivity index (χ4v) is 3.48. The highest BCUT2D eigenvalue weighted by atomic mass is 16.5. The van der Waals surface area contributed by atoms with Crippen molar-refractivity contribution in [3.8, 4) is 0 Å². The Kier molecular flexibility index (Phi) is 2.52. The molecule has 2 aliphatic rings. The molecule has 0 amide bonds. The monoisotopic (exact) mass is 248 g/mol. The van der Waals surface area contributed by atoms with E-state index in [9.17, 15) is 4.79 Å². The Bertz CT molecular complexity index is 521. The van der Waals surface area contributed by atoms with Crippen LogP contribution in [0.1, 0.15) is 20.3 Å². The van der Waals surface area contributed by atoms with Gasteiger partial charge in [-0.3, -0.25) is 4.79 Å². The molecular weight excluding hydrogens is 228 g/mol. The minimum Gasteiger partial charge on any atom is -0.380 e. The Morgan fingerprint density at radius 3 is 2.94 bits per heavy atom. The highest BCUT2D eigenvalue weighted by molar-refractivity contribution is 5.43. The molecule has 1 saturated heterocycles. The van der Waals surface area contributed by atoms with Gasteiger partial charge in [0.25, 0.3) is 0 Å². The predicted molar refractivity (Wildman–Crippen MR) is 70.7 cm³/mol. The lowest BCUT2D eigenvalue weighted by molar-refractivity contribution is -0.0923. The molecule has 3 rings (SSSR count). The molecule has 4 nitrogen and oxygen atoms in total. The summed E-state index contributed by atoms with van der Waals surface area (Å²) in [6.45, 7) is 5.38. The average molecular weight is 248 g/mol. The number of fused-ring (bicyclic) bond motifs is 1. The van der Waals surface area contributed by atoms with E-state index in [0.717, 1.165) is 18.7 Å². The Hall–Kier alpha value is -1.29. The topological polar surface area (TPSA) is 43.3 Å². The molecule has 1 saturated carbocycles. The fourth-order valence-electron chi connectivity index (χ4n) is 3.48. The first-order chi connectivity index (χ1) is 8.50. The van der Waals surface area contributed by atoms with Crippen molar-refractivity contribution in [2.75, 3.05) is 11.9 Å². The molecule has 3 atom stereocenters. The van der Waals surface area contributed by atoms with E-state index in [2.05, 4.69) is 19.2 Å². The predicted octanol–water partition coefficient (Wildman–Crippen LogP) is 1.61. The zero-order valence-corrected chi connectivity index (χ0v) is 11.1. The highest BCUT2D eigenvalue weighted by Gasteiger charge is 2.59. The second-order valence-corrected chi connectivity index (χ2v) is 6.05. The smallest absolute Gasteiger partial charge is 0.250 e. The standard InChI is InChI=1S/C14H20N2O2/c1-14(2)12(10-6-7-18-13(10)14)15-9-4-5-11(17)16(3)8-9/h4-5,8,10,12-13,15H,6-7H2,1-3H3. The number of pyridine rings is 1. The van der Waals surface area contributed by atoms with Crippen LogP contribution in [-0.2, 0) is 11.8 Å². The van der Waals surface area contributed by atoms with E-state index in [1.807, 2.05) is 12.3 Å². The van der Waals surface area contributed by atoms with Crippen LogP contribution in [0.3, 0.4) is 0 Å². The molecular formula is C14H20N2O2. The van der Waals surface area contributed by atoms with Crippen molar-refractivity contribution in [3.05, 3.63) is 28.7 Å². The van der Waals surface area contributed by atoms with Crippen LogP contribution in [0.5, 0.6) is 0 Å². The lowest BCUT2D eigenvalue weighted by Gasteiger charge is -2.55. The maximum absolute atomic E-state index is 11.4. The van der Waals surface area contributed by atoms with Gasteiger partial charge in [-0.05, 0) is 12.5 Å². The van der Waals surface area contributed by atoms with Crippen LogP contribution in [0.2, 0.25) is 0 Å². The Morgan fingerprint density at radius 2 is 2.22 bits per heavy atom. The van der Waals surface area contributed by atoms with Crippen molar-refractivity contribution >= 4 is 5.69 Å². The van der Waals surface area contributed by atoms with Crippen molar-refractivity contribution in [1.29, 1.82) is 0 Å². The van der Waals surface area contributed by atoms with Crippen molar-refractivity contribution < 1.29 is 4.74 Å². The molecule has 1 aliphatic heterocycles. The maximum Gasteiger partial charge on any atom is 0.250 e. The minimum absolute atomic E-state index is 0.0236. The summed E-state index contributed by atoms with van der Waals surface area (Å²) in [5.41, 5.74) is 1.20. The lowest BCUT2D eigenvalue weighted by atomic mass is 9.57. The normalized spacial score (nSPS) is 32.7. The molecule has 18 heavy (non-hydrogen) atoms. The molecule has 1 aromatic rings. The molecule has 98 valence electrons. The molecule has 1 N–H and O–H groups in total. The van der Waals surface area contributed by atoms with Crippen molar-refractivity contribution in [3.63, 3.8) is 0 Å². The largest absolute Gasteiger partial charge is 0.380 e. The molecule has 1 aromatic heterocycles. The van der Waals surface area contributed by atoms with Gasteiger partial charge in [-0.25, -0.2) is 0 Å². The zero-order chi connectivity index (χ0) is 12.9. The Morgan fingerprint density at radius 1 is 1.44 bits per heavy atom. The summed E-state index contributed by atoms with van der Waals surface area (Å²) in [7, 11) is 1.78. The van der Waals surface area contributed by atoms with E-state index < -0.39 is 0 Å². The van der Waals surface area contributed by atoms with Gasteiger partial charge in [0.15, 0.2) is 0 Å². The molecule has 1 aliphatic carbocycles. The number of hydrogen-bond acceptors (Lipinski definition) is 3. The van der Waals surface area contributed by atoms with Crippen LogP contribution in [0.15, 0.2) is 23.1 Å². The number of ether oxygens (including phenoxy) is 1.